The second-order valence-corrected chi connectivity index (χ2v) is 15.6. The molecular weight excluding hydrogens is 747 g/mol. The number of anilines is 3. The lowest BCUT2D eigenvalue weighted by atomic mass is 9.88. The molecule has 0 fully saturated rings. The average Bonchev–Trinajstić information content (AvgIpc) is 3.88. The van der Waals surface area contributed by atoms with Crippen molar-refractivity contribution in [3.63, 3.8) is 0 Å². The van der Waals surface area contributed by atoms with Crippen molar-refractivity contribution in [1.29, 1.82) is 0 Å². The summed E-state index contributed by atoms with van der Waals surface area (Å²) in [5.41, 5.74) is 13.4. The van der Waals surface area contributed by atoms with Gasteiger partial charge in [0.15, 0.2) is 23.1 Å². The zero-order chi connectivity index (χ0) is 40.0. The minimum Gasteiger partial charge on any atom is -0.454 e. The van der Waals surface area contributed by atoms with Crippen LogP contribution in [0.3, 0.4) is 0 Å². The van der Waals surface area contributed by atoms with Gasteiger partial charge < -0.3 is 13.9 Å². The molecule has 1 aliphatic heterocycles. The maximum absolute atomic E-state index is 6.71. The van der Waals surface area contributed by atoms with E-state index >= 15 is 0 Å². The van der Waals surface area contributed by atoms with Gasteiger partial charge in [0.2, 0.25) is 0 Å². The van der Waals surface area contributed by atoms with Gasteiger partial charge in [0.25, 0.3) is 0 Å². The first kappa shape index (κ1) is 33.6. The lowest BCUT2D eigenvalue weighted by Crippen LogP contribution is -2.16. The lowest BCUT2D eigenvalue weighted by Gasteiger charge is -2.34. The van der Waals surface area contributed by atoms with E-state index in [1.165, 1.54) is 5.39 Å². The predicted octanol–water partition coefficient (Wildman–Crippen LogP) is 14.5. The van der Waals surface area contributed by atoms with Crippen LogP contribution < -0.4 is 4.90 Å². The van der Waals surface area contributed by atoms with E-state index in [-0.39, 0.29) is 0 Å². The molecule has 3 aromatic heterocycles. The number of fused-ring (bicyclic) bond motifs is 9. The summed E-state index contributed by atoms with van der Waals surface area (Å²) in [6.07, 6.45) is 0. The molecule has 1 aliphatic rings. The van der Waals surface area contributed by atoms with Crippen LogP contribution >= 0.6 is 0 Å². The van der Waals surface area contributed by atoms with Gasteiger partial charge in [-0.05, 0) is 65.5 Å². The first-order valence-electron chi connectivity index (χ1n) is 20.5. The van der Waals surface area contributed by atoms with Crippen LogP contribution in [0.25, 0.3) is 105 Å². The van der Waals surface area contributed by atoms with Crippen molar-refractivity contribution in [3.8, 4) is 51.0 Å². The Morgan fingerprint density at radius 3 is 1.77 bits per heavy atom. The summed E-state index contributed by atoms with van der Waals surface area (Å²) >= 11 is 0. The number of benzene rings is 9. The number of furan rings is 1. The van der Waals surface area contributed by atoms with Crippen molar-refractivity contribution in [1.82, 2.24) is 19.5 Å². The van der Waals surface area contributed by atoms with E-state index in [1.54, 1.807) is 0 Å². The van der Waals surface area contributed by atoms with Crippen LogP contribution in [0.4, 0.5) is 17.1 Å². The van der Waals surface area contributed by atoms with E-state index in [4.69, 9.17) is 19.4 Å². The number of rotatable bonds is 5. The smallest absolute Gasteiger partial charge is 0.164 e. The number of hydrogen-bond acceptors (Lipinski definition) is 5. The standard InChI is InChI=1S/C55H33N5O/c1-4-15-34(16-5-1)53-56-54(35-17-6-2-7-18-35)58-55(57-53)45-31-32-47-50-41(23-14-24-42(45)50)39-28-27-37(33-48(39)59(47)36-19-8-3-9-20-36)60-46-25-12-10-21-38(46)43-29-30-44-40-22-11-13-26-49(40)61-52(44)51(43)60/h1-33H. The zero-order valence-electron chi connectivity index (χ0n) is 32.7. The van der Waals surface area contributed by atoms with E-state index in [2.05, 4.69) is 143 Å². The van der Waals surface area contributed by atoms with Crippen LogP contribution in [-0.2, 0) is 0 Å². The third-order valence-electron chi connectivity index (χ3n) is 12.2. The first-order chi connectivity index (χ1) is 30.3. The zero-order valence-corrected chi connectivity index (χ0v) is 32.7. The van der Waals surface area contributed by atoms with E-state index in [0.29, 0.717) is 17.5 Å². The quantitative estimate of drug-likeness (QED) is 0.174. The largest absolute Gasteiger partial charge is 0.454 e. The van der Waals surface area contributed by atoms with Gasteiger partial charge in [0, 0.05) is 60.6 Å². The topological polar surface area (TPSA) is 60.0 Å². The van der Waals surface area contributed by atoms with E-state index in [1.807, 2.05) is 66.7 Å². The highest BCUT2D eigenvalue weighted by Gasteiger charge is 2.29. The van der Waals surface area contributed by atoms with Crippen molar-refractivity contribution in [2.24, 2.45) is 0 Å². The summed E-state index contributed by atoms with van der Waals surface area (Å²) in [4.78, 5) is 17.7. The Morgan fingerprint density at radius 1 is 0.377 bits per heavy atom. The van der Waals surface area contributed by atoms with Gasteiger partial charge in [0.05, 0.1) is 22.4 Å². The van der Waals surface area contributed by atoms with E-state index < -0.39 is 0 Å². The summed E-state index contributed by atoms with van der Waals surface area (Å²) in [7, 11) is 0. The maximum Gasteiger partial charge on any atom is 0.164 e. The molecule has 0 amide bonds. The molecule has 0 aliphatic carbocycles. The third kappa shape index (κ3) is 5.06. The summed E-state index contributed by atoms with van der Waals surface area (Å²) in [6, 6.07) is 70.3. The number of hydrogen-bond donors (Lipinski definition) is 0. The Bertz CT molecular complexity index is 3650. The summed E-state index contributed by atoms with van der Waals surface area (Å²) in [6.45, 7) is 0. The highest BCUT2D eigenvalue weighted by atomic mass is 16.3. The molecule has 9 aromatic carbocycles. The number of nitrogens with zero attached hydrogens (tertiary/aromatic N) is 5. The van der Waals surface area contributed by atoms with Crippen LogP contribution in [0, 0.1) is 0 Å². The minimum atomic E-state index is 0.632. The number of para-hydroxylation sites is 3. The van der Waals surface area contributed by atoms with Gasteiger partial charge in [0.1, 0.15) is 5.58 Å². The molecule has 6 heteroatoms. The van der Waals surface area contributed by atoms with Crippen molar-refractivity contribution in [2.45, 2.75) is 0 Å². The molecule has 0 unspecified atom stereocenters. The molecule has 284 valence electrons. The predicted molar refractivity (Wildman–Crippen MR) is 249 cm³/mol. The second-order valence-electron chi connectivity index (χ2n) is 15.6. The van der Waals surface area contributed by atoms with Crippen molar-refractivity contribution in [3.05, 3.63) is 200 Å². The average molecular weight is 780 g/mol. The van der Waals surface area contributed by atoms with E-state index in [0.717, 1.165) is 99.7 Å². The van der Waals surface area contributed by atoms with Crippen LogP contribution in [0.1, 0.15) is 0 Å². The first-order valence-corrected chi connectivity index (χ1v) is 20.5. The third-order valence-corrected chi connectivity index (χ3v) is 12.2. The van der Waals surface area contributed by atoms with Crippen molar-refractivity contribution < 1.29 is 4.42 Å². The van der Waals surface area contributed by atoms with Gasteiger partial charge in [-0.25, -0.2) is 15.0 Å². The Kier molecular flexibility index (Phi) is 7.21. The molecule has 6 nitrogen and oxygen atoms in total. The molecule has 13 rings (SSSR count). The molecular formula is C55H33N5O. The van der Waals surface area contributed by atoms with Crippen molar-refractivity contribution >= 4 is 71.6 Å². The molecule has 0 radical (unpaired) electrons. The fraction of sp³-hybridized carbons (Fsp3) is 0. The number of aromatic nitrogens is 4. The second kappa shape index (κ2) is 13.1. The highest BCUT2D eigenvalue weighted by molar-refractivity contribution is 6.22. The minimum absolute atomic E-state index is 0.632. The summed E-state index contributed by atoms with van der Waals surface area (Å²) in [5, 5.41) is 6.79. The normalized spacial score (nSPS) is 12.2. The summed E-state index contributed by atoms with van der Waals surface area (Å²) in [5.74, 6) is 1.91. The molecule has 0 bridgehead atoms. The molecule has 0 saturated heterocycles. The van der Waals surface area contributed by atoms with Crippen LogP contribution in [-0.4, -0.2) is 19.5 Å². The highest BCUT2D eigenvalue weighted by Crippen LogP contribution is 2.53. The van der Waals surface area contributed by atoms with E-state index in [9.17, 15) is 0 Å². The van der Waals surface area contributed by atoms with Gasteiger partial charge in [-0.2, -0.15) is 0 Å². The van der Waals surface area contributed by atoms with Gasteiger partial charge >= 0.3 is 0 Å². The van der Waals surface area contributed by atoms with Crippen LogP contribution in [0.15, 0.2) is 205 Å². The molecule has 12 aromatic rings. The molecule has 4 heterocycles. The SMILES string of the molecule is c1ccc(-c2nc(-c3ccccc3)nc(-c3ccc4c5c(cccc35)-c3ccc(-n5c6ccccc6c6ccc7c8ccccc8oc7c65)cc3N4c3ccccc3)n2)cc1. The Morgan fingerprint density at radius 2 is 1.00 bits per heavy atom. The van der Waals surface area contributed by atoms with Crippen LogP contribution in [0.5, 0.6) is 0 Å². The molecule has 0 saturated carbocycles. The fourth-order valence-electron chi connectivity index (χ4n) is 9.48. The molecule has 0 atom stereocenters. The van der Waals surface area contributed by atoms with Gasteiger partial charge in [-0.15, -0.1) is 0 Å². The summed E-state index contributed by atoms with van der Waals surface area (Å²) < 4.78 is 9.10. The Hall–Kier alpha value is -8.35. The van der Waals surface area contributed by atoms with Gasteiger partial charge in [-0.3, -0.25) is 0 Å². The molecule has 0 spiro atoms. The fourth-order valence-corrected chi connectivity index (χ4v) is 9.48. The van der Waals surface area contributed by atoms with Crippen LogP contribution in [0.2, 0.25) is 0 Å². The Labute approximate surface area is 350 Å². The lowest BCUT2D eigenvalue weighted by molar-refractivity contribution is 0.671. The molecule has 0 N–H and O–H groups in total. The Balaban J connectivity index is 1.06. The maximum atomic E-state index is 6.71. The monoisotopic (exact) mass is 779 g/mol. The van der Waals surface area contributed by atoms with Gasteiger partial charge in [-0.1, -0.05) is 146 Å². The molecule has 61 heavy (non-hydrogen) atoms. The van der Waals surface area contributed by atoms with Crippen molar-refractivity contribution in [2.75, 3.05) is 4.90 Å².